The lowest BCUT2D eigenvalue weighted by Crippen LogP contribution is -2.16. The molecule has 0 saturated heterocycles. The van der Waals surface area contributed by atoms with Crippen molar-refractivity contribution in [1.82, 2.24) is 0 Å². The zero-order chi connectivity index (χ0) is 17.1. The molecule has 1 amide bonds. The molecule has 1 aromatic heterocycles. The van der Waals surface area contributed by atoms with Crippen molar-refractivity contribution < 1.29 is 23.8 Å². The first kappa shape index (κ1) is 16.6. The van der Waals surface area contributed by atoms with E-state index in [1.807, 2.05) is 0 Å². The summed E-state index contributed by atoms with van der Waals surface area (Å²) in [4.78, 5) is 23.5. The summed E-state index contributed by atoms with van der Waals surface area (Å²) in [5.41, 5.74) is 0.705. The van der Waals surface area contributed by atoms with Gasteiger partial charge in [0.05, 0.1) is 10.0 Å². The van der Waals surface area contributed by atoms with Crippen LogP contribution in [0.2, 0.25) is 5.02 Å². The van der Waals surface area contributed by atoms with E-state index in [1.54, 1.807) is 24.3 Å². The number of carbonyl (C=O) groups excluding carboxylic acids is 2. The number of nitrogens with one attached hydrogen (secondary N) is 1. The second kappa shape index (κ2) is 7.11. The standard InChI is InChI=1S/C16H14ClNO5S/c1-9(19)18-14-3-2-13(24-14)16(20)23-8-10-6-11(17)15-12(7-10)21-4-5-22-15/h2-3,6-7H,4-5,8H2,1H3,(H,18,19). The van der Waals surface area contributed by atoms with Gasteiger partial charge in [0.2, 0.25) is 5.91 Å². The van der Waals surface area contributed by atoms with E-state index in [9.17, 15) is 9.59 Å². The molecule has 2 aromatic rings. The smallest absolute Gasteiger partial charge is 0.348 e. The van der Waals surface area contributed by atoms with Crippen LogP contribution in [0.1, 0.15) is 22.2 Å². The van der Waals surface area contributed by atoms with Gasteiger partial charge < -0.3 is 19.5 Å². The van der Waals surface area contributed by atoms with Gasteiger partial charge in [-0.1, -0.05) is 11.6 Å². The largest absolute Gasteiger partial charge is 0.486 e. The Morgan fingerprint density at radius 2 is 2.08 bits per heavy atom. The number of esters is 1. The Morgan fingerprint density at radius 3 is 2.88 bits per heavy atom. The van der Waals surface area contributed by atoms with E-state index in [-0.39, 0.29) is 12.5 Å². The van der Waals surface area contributed by atoms with Gasteiger partial charge in [0, 0.05) is 6.92 Å². The van der Waals surface area contributed by atoms with Crippen molar-refractivity contribution in [2.24, 2.45) is 0 Å². The summed E-state index contributed by atoms with van der Waals surface area (Å²) in [5, 5.41) is 3.63. The Hall–Kier alpha value is -2.25. The molecule has 8 heteroatoms. The Bertz CT molecular complexity index is 789. The zero-order valence-corrected chi connectivity index (χ0v) is 14.3. The predicted molar refractivity (Wildman–Crippen MR) is 90.2 cm³/mol. The maximum Gasteiger partial charge on any atom is 0.348 e. The molecule has 0 fully saturated rings. The molecular formula is C16H14ClNO5S. The summed E-state index contributed by atoms with van der Waals surface area (Å²) in [7, 11) is 0. The Morgan fingerprint density at radius 1 is 1.29 bits per heavy atom. The topological polar surface area (TPSA) is 73.9 Å². The van der Waals surface area contributed by atoms with Crippen LogP contribution in [0.3, 0.4) is 0 Å². The summed E-state index contributed by atoms with van der Waals surface area (Å²) >= 11 is 7.30. The Balaban J connectivity index is 1.65. The summed E-state index contributed by atoms with van der Waals surface area (Å²) in [5.74, 6) is 0.394. The third kappa shape index (κ3) is 3.80. The van der Waals surface area contributed by atoms with Crippen molar-refractivity contribution in [2.75, 3.05) is 18.5 Å². The SMILES string of the molecule is CC(=O)Nc1ccc(C(=O)OCc2cc(Cl)c3c(c2)OCCO3)s1. The van der Waals surface area contributed by atoms with Gasteiger partial charge in [-0.05, 0) is 29.8 Å². The van der Waals surface area contributed by atoms with Gasteiger partial charge in [-0.15, -0.1) is 11.3 Å². The molecule has 1 N–H and O–H groups in total. The van der Waals surface area contributed by atoms with E-state index in [0.29, 0.717) is 45.2 Å². The lowest BCUT2D eigenvalue weighted by Gasteiger charge is -2.20. The number of thiophene rings is 1. The quantitative estimate of drug-likeness (QED) is 0.837. The third-order valence-corrected chi connectivity index (χ3v) is 4.39. The van der Waals surface area contributed by atoms with Gasteiger partial charge in [-0.2, -0.15) is 0 Å². The minimum atomic E-state index is -0.470. The molecule has 0 saturated carbocycles. The van der Waals surface area contributed by atoms with Crippen LogP contribution >= 0.6 is 22.9 Å². The molecule has 6 nitrogen and oxygen atoms in total. The number of amides is 1. The zero-order valence-electron chi connectivity index (χ0n) is 12.8. The fourth-order valence-electron chi connectivity index (χ4n) is 2.16. The predicted octanol–water partition coefficient (Wildman–Crippen LogP) is 3.49. The van der Waals surface area contributed by atoms with E-state index in [0.717, 1.165) is 11.3 Å². The highest BCUT2D eigenvalue weighted by Gasteiger charge is 2.18. The highest BCUT2D eigenvalue weighted by molar-refractivity contribution is 7.18. The van der Waals surface area contributed by atoms with Crippen LogP contribution in [0.5, 0.6) is 11.5 Å². The number of rotatable bonds is 4. The third-order valence-electron chi connectivity index (χ3n) is 3.13. The van der Waals surface area contributed by atoms with E-state index in [4.69, 9.17) is 25.8 Å². The molecule has 1 aliphatic heterocycles. The first-order valence-corrected chi connectivity index (χ1v) is 8.35. The number of benzene rings is 1. The van der Waals surface area contributed by atoms with E-state index in [1.165, 1.54) is 6.92 Å². The van der Waals surface area contributed by atoms with Gasteiger partial charge >= 0.3 is 5.97 Å². The molecule has 0 aliphatic carbocycles. The lowest BCUT2D eigenvalue weighted by molar-refractivity contribution is -0.114. The maximum absolute atomic E-state index is 12.1. The van der Waals surface area contributed by atoms with Gasteiger partial charge in [0.15, 0.2) is 11.5 Å². The number of hydrogen-bond donors (Lipinski definition) is 1. The van der Waals surface area contributed by atoms with Gasteiger partial charge in [-0.3, -0.25) is 4.79 Å². The second-order valence-corrected chi connectivity index (χ2v) is 6.51. The van der Waals surface area contributed by atoms with Crippen LogP contribution in [0.15, 0.2) is 24.3 Å². The van der Waals surface area contributed by atoms with Crippen molar-refractivity contribution in [2.45, 2.75) is 13.5 Å². The van der Waals surface area contributed by atoms with E-state index < -0.39 is 5.97 Å². The molecule has 2 heterocycles. The van der Waals surface area contributed by atoms with Crippen LogP contribution in [0.25, 0.3) is 0 Å². The molecule has 3 rings (SSSR count). The fraction of sp³-hybridized carbons (Fsp3) is 0.250. The molecular weight excluding hydrogens is 354 g/mol. The summed E-state index contributed by atoms with van der Waals surface area (Å²) in [6.07, 6.45) is 0. The van der Waals surface area contributed by atoms with Gasteiger partial charge in [-0.25, -0.2) is 4.79 Å². The Labute approximate surface area is 147 Å². The molecule has 24 heavy (non-hydrogen) atoms. The minimum absolute atomic E-state index is 0.0581. The van der Waals surface area contributed by atoms with Crippen LogP contribution in [0.4, 0.5) is 5.00 Å². The van der Waals surface area contributed by atoms with Crippen LogP contribution < -0.4 is 14.8 Å². The van der Waals surface area contributed by atoms with Crippen LogP contribution in [-0.4, -0.2) is 25.1 Å². The number of halogens is 1. The molecule has 0 radical (unpaired) electrons. The number of carbonyl (C=O) groups is 2. The molecule has 0 atom stereocenters. The molecule has 0 bridgehead atoms. The first-order chi connectivity index (χ1) is 11.5. The number of hydrogen-bond acceptors (Lipinski definition) is 6. The number of fused-ring (bicyclic) bond motifs is 1. The monoisotopic (exact) mass is 367 g/mol. The van der Waals surface area contributed by atoms with Gasteiger partial charge in [0.1, 0.15) is 24.7 Å². The Kier molecular flexibility index (Phi) is 4.92. The number of anilines is 1. The van der Waals surface area contributed by atoms with Crippen molar-refractivity contribution in [1.29, 1.82) is 0 Å². The average Bonchev–Trinajstić information content (AvgIpc) is 3.00. The highest BCUT2D eigenvalue weighted by atomic mass is 35.5. The van der Waals surface area contributed by atoms with Crippen molar-refractivity contribution >= 4 is 39.8 Å². The summed E-state index contributed by atoms with van der Waals surface area (Å²) in [6, 6.07) is 6.68. The summed E-state index contributed by atoms with van der Waals surface area (Å²) in [6.45, 7) is 2.37. The maximum atomic E-state index is 12.1. The molecule has 1 aliphatic rings. The van der Waals surface area contributed by atoms with Crippen molar-refractivity contribution in [3.8, 4) is 11.5 Å². The van der Waals surface area contributed by atoms with E-state index in [2.05, 4.69) is 5.32 Å². The first-order valence-electron chi connectivity index (χ1n) is 7.15. The molecule has 0 unspecified atom stereocenters. The normalized spacial score (nSPS) is 12.6. The van der Waals surface area contributed by atoms with Gasteiger partial charge in [0.25, 0.3) is 0 Å². The fourth-order valence-corrected chi connectivity index (χ4v) is 3.29. The molecule has 0 spiro atoms. The lowest BCUT2D eigenvalue weighted by atomic mass is 10.2. The summed E-state index contributed by atoms with van der Waals surface area (Å²) < 4.78 is 16.2. The van der Waals surface area contributed by atoms with Crippen LogP contribution in [0, 0.1) is 0 Å². The van der Waals surface area contributed by atoms with Crippen molar-refractivity contribution in [3.63, 3.8) is 0 Å². The average molecular weight is 368 g/mol. The van der Waals surface area contributed by atoms with Crippen LogP contribution in [-0.2, 0) is 16.1 Å². The molecule has 1 aromatic carbocycles. The minimum Gasteiger partial charge on any atom is -0.486 e. The number of ether oxygens (including phenoxy) is 3. The highest BCUT2D eigenvalue weighted by Crippen LogP contribution is 2.38. The molecule has 126 valence electrons. The van der Waals surface area contributed by atoms with E-state index >= 15 is 0 Å². The second-order valence-electron chi connectivity index (χ2n) is 5.02. The van der Waals surface area contributed by atoms with Crippen molar-refractivity contribution in [3.05, 3.63) is 39.7 Å².